The molecule has 0 aliphatic carbocycles. The number of carboxylic acid groups (broad SMARTS) is 1. The van der Waals surface area contributed by atoms with Crippen LogP contribution in [-0.4, -0.2) is 41.5 Å². The highest BCUT2D eigenvalue weighted by atomic mass is 16.4. The van der Waals surface area contributed by atoms with E-state index in [4.69, 9.17) is 5.73 Å². The molecule has 0 heterocycles. The van der Waals surface area contributed by atoms with Crippen LogP contribution in [0.5, 0.6) is 0 Å². The van der Waals surface area contributed by atoms with Crippen molar-refractivity contribution in [1.82, 2.24) is 5.32 Å². The van der Waals surface area contributed by atoms with Gasteiger partial charge in [-0.3, -0.25) is 14.5 Å². The van der Waals surface area contributed by atoms with E-state index in [1.165, 1.54) is 11.8 Å². The molecule has 0 aliphatic heterocycles. The van der Waals surface area contributed by atoms with Crippen molar-refractivity contribution >= 4 is 23.5 Å². The van der Waals surface area contributed by atoms with Crippen LogP contribution in [0.4, 0.5) is 5.69 Å². The van der Waals surface area contributed by atoms with Gasteiger partial charge in [-0.2, -0.15) is 0 Å². The summed E-state index contributed by atoms with van der Waals surface area (Å²) in [5.41, 5.74) is 6.66. The summed E-state index contributed by atoms with van der Waals surface area (Å²) in [5.74, 6) is -2.14. The minimum absolute atomic E-state index is 0.223. The fourth-order valence-electron chi connectivity index (χ4n) is 2.71. The van der Waals surface area contributed by atoms with Crippen LogP contribution < -0.4 is 16.0 Å². The monoisotopic (exact) mass is 369 g/mol. The number of nitrogens with two attached hydrogens (primary N) is 1. The normalized spacial score (nSPS) is 12.7. The van der Waals surface area contributed by atoms with Gasteiger partial charge in [0, 0.05) is 12.1 Å². The first kappa shape index (κ1) is 20.1. The van der Waals surface area contributed by atoms with Crippen LogP contribution in [0, 0.1) is 0 Å². The van der Waals surface area contributed by atoms with Crippen LogP contribution in [0.3, 0.4) is 0 Å². The summed E-state index contributed by atoms with van der Waals surface area (Å²) in [7, 11) is 0. The van der Waals surface area contributed by atoms with E-state index in [-0.39, 0.29) is 13.0 Å². The van der Waals surface area contributed by atoms with Crippen molar-refractivity contribution < 1.29 is 19.5 Å². The molecule has 2 amide bonds. The Morgan fingerprint density at radius 3 is 2.11 bits per heavy atom. The third-order valence-corrected chi connectivity index (χ3v) is 4.12. The molecule has 142 valence electrons. The average molecular weight is 369 g/mol. The lowest BCUT2D eigenvalue weighted by Gasteiger charge is -2.31. The first-order valence-corrected chi connectivity index (χ1v) is 8.58. The Kier molecular flexibility index (Phi) is 7.08. The molecule has 27 heavy (non-hydrogen) atoms. The Bertz CT molecular complexity index is 780. The summed E-state index contributed by atoms with van der Waals surface area (Å²) < 4.78 is 0. The maximum atomic E-state index is 13.3. The minimum atomic E-state index is -1.14. The summed E-state index contributed by atoms with van der Waals surface area (Å²) in [5, 5.41) is 12.1. The van der Waals surface area contributed by atoms with Crippen molar-refractivity contribution in [2.45, 2.75) is 25.4 Å². The van der Waals surface area contributed by atoms with Crippen molar-refractivity contribution in [3.63, 3.8) is 0 Å². The Balaban J connectivity index is 2.38. The standard InChI is InChI=1S/C20H23N3O4/c1-14(20(26)27)23(16-10-6-3-7-11-16)19(25)17(22-18(24)13-21)12-15-8-4-2-5-9-15/h2-11,14,17H,12-13,21H2,1H3,(H,22,24)(H,26,27). The van der Waals surface area contributed by atoms with Crippen LogP contribution in [0.15, 0.2) is 60.7 Å². The van der Waals surface area contributed by atoms with Crippen molar-refractivity contribution in [1.29, 1.82) is 0 Å². The predicted molar refractivity (Wildman–Crippen MR) is 102 cm³/mol. The highest BCUT2D eigenvalue weighted by molar-refractivity contribution is 6.03. The molecular formula is C20H23N3O4. The number of benzene rings is 2. The summed E-state index contributed by atoms with van der Waals surface area (Å²) in [6, 6.07) is 15.7. The zero-order valence-electron chi connectivity index (χ0n) is 15.0. The molecule has 0 fully saturated rings. The van der Waals surface area contributed by atoms with Gasteiger partial charge < -0.3 is 16.2 Å². The molecular weight excluding hydrogens is 346 g/mol. The van der Waals surface area contributed by atoms with E-state index in [0.717, 1.165) is 5.56 Å². The maximum Gasteiger partial charge on any atom is 0.326 e. The second kappa shape index (κ2) is 9.49. The van der Waals surface area contributed by atoms with E-state index in [0.29, 0.717) is 5.69 Å². The van der Waals surface area contributed by atoms with Crippen LogP contribution in [0.2, 0.25) is 0 Å². The molecule has 7 heteroatoms. The molecule has 2 rings (SSSR count). The minimum Gasteiger partial charge on any atom is -0.480 e. The maximum absolute atomic E-state index is 13.3. The van der Waals surface area contributed by atoms with E-state index in [1.54, 1.807) is 30.3 Å². The van der Waals surface area contributed by atoms with Gasteiger partial charge in [-0.15, -0.1) is 0 Å². The molecule has 2 aromatic rings. The number of para-hydroxylation sites is 1. The largest absolute Gasteiger partial charge is 0.480 e. The molecule has 4 N–H and O–H groups in total. The van der Waals surface area contributed by atoms with Crippen molar-refractivity contribution in [2.75, 3.05) is 11.4 Å². The number of carbonyl (C=O) groups excluding carboxylic acids is 2. The number of anilines is 1. The molecule has 0 bridgehead atoms. The van der Waals surface area contributed by atoms with Crippen molar-refractivity contribution in [2.24, 2.45) is 5.73 Å². The molecule has 0 saturated carbocycles. The zero-order valence-corrected chi connectivity index (χ0v) is 15.0. The first-order chi connectivity index (χ1) is 12.9. The molecule has 0 spiro atoms. The van der Waals surface area contributed by atoms with Crippen LogP contribution in [-0.2, 0) is 20.8 Å². The van der Waals surface area contributed by atoms with Crippen molar-refractivity contribution in [3.05, 3.63) is 66.2 Å². The number of carboxylic acids is 1. The molecule has 2 atom stereocenters. The molecule has 2 aromatic carbocycles. The van der Waals surface area contributed by atoms with Gasteiger partial charge in [0.15, 0.2) is 0 Å². The number of aliphatic carboxylic acids is 1. The van der Waals surface area contributed by atoms with E-state index in [9.17, 15) is 19.5 Å². The SMILES string of the molecule is CC(C(=O)O)N(C(=O)C(Cc1ccccc1)NC(=O)CN)c1ccccc1. The average Bonchev–Trinajstić information content (AvgIpc) is 2.68. The summed E-state index contributed by atoms with van der Waals surface area (Å²) in [6.45, 7) is 1.16. The summed E-state index contributed by atoms with van der Waals surface area (Å²) >= 11 is 0. The molecule has 7 nitrogen and oxygen atoms in total. The lowest BCUT2D eigenvalue weighted by atomic mass is 10.0. The lowest BCUT2D eigenvalue weighted by molar-refractivity contribution is -0.140. The van der Waals surface area contributed by atoms with Crippen LogP contribution in [0.25, 0.3) is 0 Å². The van der Waals surface area contributed by atoms with Gasteiger partial charge >= 0.3 is 5.97 Å². The van der Waals surface area contributed by atoms with Crippen LogP contribution in [0.1, 0.15) is 12.5 Å². The number of nitrogens with one attached hydrogen (secondary N) is 1. The highest BCUT2D eigenvalue weighted by Gasteiger charge is 2.33. The molecule has 0 radical (unpaired) electrons. The molecule has 0 saturated heterocycles. The number of rotatable bonds is 8. The number of hydrogen-bond donors (Lipinski definition) is 3. The zero-order chi connectivity index (χ0) is 19.8. The Hall–Kier alpha value is -3.19. The smallest absolute Gasteiger partial charge is 0.326 e. The van der Waals surface area contributed by atoms with Gasteiger partial charge in [-0.05, 0) is 24.6 Å². The van der Waals surface area contributed by atoms with Crippen LogP contribution >= 0.6 is 0 Å². The third kappa shape index (κ3) is 5.39. The van der Waals surface area contributed by atoms with E-state index < -0.39 is 29.9 Å². The van der Waals surface area contributed by atoms with E-state index in [1.807, 2.05) is 30.3 Å². The predicted octanol–water partition coefficient (Wildman–Crippen LogP) is 1.18. The fraction of sp³-hybridized carbons (Fsp3) is 0.250. The topological polar surface area (TPSA) is 113 Å². The van der Waals surface area contributed by atoms with Gasteiger partial charge in [0.1, 0.15) is 12.1 Å². The Morgan fingerprint density at radius 2 is 1.59 bits per heavy atom. The van der Waals surface area contributed by atoms with Gasteiger partial charge in [-0.1, -0.05) is 48.5 Å². The lowest BCUT2D eigenvalue weighted by Crippen LogP contribution is -2.55. The summed E-state index contributed by atoms with van der Waals surface area (Å²) in [6.07, 6.45) is 0.223. The van der Waals surface area contributed by atoms with Crippen molar-refractivity contribution in [3.8, 4) is 0 Å². The Morgan fingerprint density at radius 1 is 1.04 bits per heavy atom. The highest BCUT2D eigenvalue weighted by Crippen LogP contribution is 2.19. The number of carbonyl (C=O) groups is 3. The van der Waals surface area contributed by atoms with E-state index >= 15 is 0 Å². The second-order valence-electron chi connectivity index (χ2n) is 6.07. The molecule has 2 unspecified atom stereocenters. The van der Waals surface area contributed by atoms with Gasteiger partial charge in [-0.25, -0.2) is 4.79 Å². The number of amides is 2. The summed E-state index contributed by atoms with van der Waals surface area (Å²) in [4.78, 5) is 37.9. The molecule has 0 aromatic heterocycles. The third-order valence-electron chi connectivity index (χ3n) is 4.12. The van der Waals surface area contributed by atoms with Gasteiger partial charge in [0.2, 0.25) is 5.91 Å². The van der Waals surface area contributed by atoms with Gasteiger partial charge in [0.05, 0.1) is 6.54 Å². The quantitative estimate of drug-likeness (QED) is 0.647. The number of nitrogens with zero attached hydrogens (tertiary/aromatic N) is 1. The molecule has 0 aliphatic rings. The van der Waals surface area contributed by atoms with Gasteiger partial charge in [0.25, 0.3) is 5.91 Å². The first-order valence-electron chi connectivity index (χ1n) is 8.58. The second-order valence-corrected chi connectivity index (χ2v) is 6.07. The Labute approximate surface area is 157 Å². The number of hydrogen-bond acceptors (Lipinski definition) is 4. The fourth-order valence-corrected chi connectivity index (χ4v) is 2.71. The van der Waals surface area contributed by atoms with E-state index in [2.05, 4.69) is 5.32 Å².